The van der Waals surface area contributed by atoms with Crippen molar-refractivity contribution in [3.63, 3.8) is 0 Å². The lowest BCUT2D eigenvalue weighted by atomic mass is 10.0. The van der Waals surface area contributed by atoms with Gasteiger partial charge in [0.2, 0.25) is 0 Å². The zero-order valence-corrected chi connectivity index (χ0v) is 20.7. The molecule has 11 heteroatoms. The van der Waals surface area contributed by atoms with Crippen LogP contribution in [-0.4, -0.2) is 36.6 Å². The number of rotatable bonds is 4. The third kappa shape index (κ3) is 3.34. The average Bonchev–Trinajstić information content (AvgIpc) is 3.27. The van der Waals surface area contributed by atoms with Gasteiger partial charge in [0, 0.05) is 12.7 Å². The summed E-state index contributed by atoms with van der Waals surface area (Å²) in [5, 5.41) is 0.557. The van der Waals surface area contributed by atoms with Crippen molar-refractivity contribution in [3.05, 3.63) is 87.2 Å². The second-order valence-electron chi connectivity index (χ2n) is 8.38. The smallest absolute Gasteiger partial charge is 0.333 e. The van der Waals surface area contributed by atoms with Crippen molar-refractivity contribution in [2.45, 2.75) is 17.7 Å². The molecule has 0 atom stereocenters. The quantitative estimate of drug-likeness (QED) is 0.388. The normalized spacial score (nSPS) is 13.8. The summed E-state index contributed by atoms with van der Waals surface area (Å²) in [5.41, 5.74) is 0.882. The summed E-state index contributed by atoms with van der Waals surface area (Å²) in [7, 11) is -2.42. The minimum atomic E-state index is -3.92. The molecule has 0 amide bonds. The van der Waals surface area contributed by atoms with E-state index in [9.17, 15) is 18.0 Å². The fraction of sp³-hybridized carbons (Fsp3) is 0.160. The van der Waals surface area contributed by atoms with E-state index in [0.29, 0.717) is 44.8 Å². The molecule has 1 aliphatic heterocycles. The number of sulfonamides is 1. The molecule has 36 heavy (non-hydrogen) atoms. The Labute approximate surface area is 209 Å². The monoisotopic (exact) mass is 520 g/mol. The maximum absolute atomic E-state index is 13.6. The van der Waals surface area contributed by atoms with Crippen LogP contribution < -0.4 is 20.3 Å². The van der Waals surface area contributed by atoms with E-state index in [2.05, 4.69) is 9.97 Å². The highest BCUT2D eigenvalue weighted by Gasteiger charge is 2.29. The number of para-hydroxylation sites is 1. The van der Waals surface area contributed by atoms with E-state index in [1.54, 1.807) is 18.3 Å². The lowest BCUT2D eigenvalue weighted by Crippen LogP contribution is -2.36. The van der Waals surface area contributed by atoms with Crippen molar-refractivity contribution in [2.75, 3.05) is 18.0 Å². The summed E-state index contributed by atoms with van der Waals surface area (Å²) in [6.45, 7) is 0.354. The van der Waals surface area contributed by atoms with Gasteiger partial charge in [-0.25, -0.2) is 22.8 Å². The van der Waals surface area contributed by atoms with Gasteiger partial charge in [0.1, 0.15) is 15.3 Å². The number of benzene rings is 2. The van der Waals surface area contributed by atoms with E-state index in [0.717, 1.165) is 27.9 Å². The molecule has 182 valence electrons. The minimum absolute atomic E-state index is 0.00257. The summed E-state index contributed by atoms with van der Waals surface area (Å²) in [5.74, 6) is 0.494. The second kappa shape index (κ2) is 8.32. The summed E-state index contributed by atoms with van der Waals surface area (Å²) < 4.78 is 35.3. The van der Waals surface area contributed by atoms with Crippen LogP contribution in [0.25, 0.3) is 26.1 Å². The number of hydrogen-bond donors (Lipinski definition) is 1. The van der Waals surface area contributed by atoms with E-state index in [1.807, 2.05) is 18.2 Å². The number of fused-ring (bicyclic) bond motifs is 4. The van der Waals surface area contributed by atoms with Gasteiger partial charge in [-0.1, -0.05) is 24.3 Å². The maximum Gasteiger partial charge on any atom is 0.333 e. The first-order chi connectivity index (χ1) is 17.4. The average molecular weight is 521 g/mol. The Balaban J connectivity index is 1.51. The number of hydrogen-bond acceptors (Lipinski definition) is 7. The van der Waals surface area contributed by atoms with Gasteiger partial charge in [-0.05, 0) is 48.7 Å². The number of H-pyrrole nitrogens is 1. The Hall–Kier alpha value is -3.96. The van der Waals surface area contributed by atoms with Crippen molar-refractivity contribution in [2.24, 2.45) is 0 Å². The first-order valence-corrected chi connectivity index (χ1v) is 13.5. The predicted molar refractivity (Wildman–Crippen MR) is 139 cm³/mol. The molecule has 3 aromatic heterocycles. The largest absolute Gasteiger partial charge is 0.496 e. The van der Waals surface area contributed by atoms with Crippen LogP contribution in [0.15, 0.2) is 75.3 Å². The minimum Gasteiger partial charge on any atom is -0.496 e. The second-order valence-corrected chi connectivity index (χ2v) is 11.2. The van der Waals surface area contributed by atoms with Gasteiger partial charge < -0.3 is 9.72 Å². The zero-order valence-electron chi connectivity index (χ0n) is 19.1. The Bertz CT molecular complexity index is 1890. The molecule has 0 radical (unpaired) electrons. The summed E-state index contributed by atoms with van der Waals surface area (Å²) in [4.78, 5) is 34.2. The van der Waals surface area contributed by atoms with Crippen LogP contribution >= 0.6 is 11.3 Å². The molecule has 0 aliphatic carbocycles. The summed E-state index contributed by atoms with van der Waals surface area (Å²) in [6, 6.07) is 15.0. The van der Waals surface area contributed by atoms with Gasteiger partial charge >= 0.3 is 5.69 Å². The van der Waals surface area contributed by atoms with E-state index in [-0.39, 0.29) is 10.6 Å². The van der Waals surface area contributed by atoms with Crippen LogP contribution in [0.2, 0.25) is 0 Å². The van der Waals surface area contributed by atoms with Crippen LogP contribution in [0, 0.1) is 0 Å². The van der Waals surface area contributed by atoms with Crippen LogP contribution in [0.4, 0.5) is 5.69 Å². The van der Waals surface area contributed by atoms with Gasteiger partial charge in [-0.15, -0.1) is 11.3 Å². The number of pyridine rings is 1. The van der Waals surface area contributed by atoms with Crippen molar-refractivity contribution < 1.29 is 13.2 Å². The SMILES string of the molecule is COc1ccnc2sc3c(=O)n(-c4cccc(S(=O)(=O)N5CCCc6ccccc65)c4)c(=O)[nH]c3c12. The Morgan fingerprint density at radius 1 is 1.08 bits per heavy atom. The standard InChI is InChI=1S/C25H20N4O5S2/c1-34-19-11-12-26-23-20(19)21-22(35-23)24(30)29(25(31)27-21)16-8-4-9-17(14-16)36(32,33)28-13-5-7-15-6-2-3-10-18(15)28/h2-4,6,8-12,14H,5,7,13H2,1H3,(H,27,31). The molecular weight excluding hydrogens is 500 g/mol. The topological polar surface area (TPSA) is 114 Å². The molecule has 6 rings (SSSR count). The van der Waals surface area contributed by atoms with E-state index in [1.165, 1.54) is 35.7 Å². The highest BCUT2D eigenvalue weighted by Crippen LogP contribution is 2.35. The van der Waals surface area contributed by atoms with E-state index >= 15 is 0 Å². The highest BCUT2D eigenvalue weighted by molar-refractivity contribution is 7.92. The number of aryl methyl sites for hydroxylation is 1. The maximum atomic E-state index is 13.6. The van der Waals surface area contributed by atoms with Crippen LogP contribution in [0.3, 0.4) is 0 Å². The lowest BCUT2D eigenvalue weighted by molar-refractivity contribution is 0.420. The third-order valence-electron chi connectivity index (χ3n) is 6.34. The first-order valence-electron chi connectivity index (χ1n) is 11.2. The molecule has 0 unspecified atom stereocenters. The molecule has 2 aromatic carbocycles. The number of nitrogens with zero attached hydrogens (tertiary/aromatic N) is 3. The van der Waals surface area contributed by atoms with Gasteiger partial charge in [-0.2, -0.15) is 0 Å². The first kappa shape index (κ1) is 22.5. The number of anilines is 1. The van der Waals surface area contributed by atoms with Crippen molar-refractivity contribution in [3.8, 4) is 11.4 Å². The molecule has 5 aromatic rings. The molecule has 4 heterocycles. The Morgan fingerprint density at radius 2 is 1.92 bits per heavy atom. The predicted octanol–water partition coefficient (Wildman–Crippen LogP) is 3.44. The van der Waals surface area contributed by atoms with Crippen LogP contribution in [0.5, 0.6) is 5.75 Å². The van der Waals surface area contributed by atoms with Crippen LogP contribution in [0.1, 0.15) is 12.0 Å². The molecule has 0 fully saturated rings. The molecule has 0 bridgehead atoms. The molecule has 1 aliphatic rings. The highest BCUT2D eigenvalue weighted by atomic mass is 32.2. The Kier molecular flexibility index (Phi) is 5.20. The molecule has 9 nitrogen and oxygen atoms in total. The van der Waals surface area contributed by atoms with Gasteiger partial charge in [0.25, 0.3) is 15.6 Å². The molecule has 0 spiro atoms. The lowest BCUT2D eigenvalue weighted by Gasteiger charge is -2.30. The Morgan fingerprint density at radius 3 is 2.75 bits per heavy atom. The number of aromatic nitrogens is 3. The summed E-state index contributed by atoms with van der Waals surface area (Å²) >= 11 is 1.14. The van der Waals surface area contributed by atoms with Crippen molar-refractivity contribution >= 4 is 47.5 Å². The van der Waals surface area contributed by atoms with E-state index in [4.69, 9.17) is 4.74 Å². The van der Waals surface area contributed by atoms with Crippen LogP contribution in [-0.2, 0) is 16.4 Å². The van der Waals surface area contributed by atoms with Crippen molar-refractivity contribution in [1.82, 2.24) is 14.5 Å². The summed E-state index contributed by atoms with van der Waals surface area (Å²) in [6.07, 6.45) is 3.08. The van der Waals surface area contributed by atoms with Gasteiger partial charge in [0.15, 0.2) is 0 Å². The molecule has 0 saturated carbocycles. The third-order valence-corrected chi connectivity index (χ3v) is 9.23. The molecule has 1 N–H and O–H groups in total. The fourth-order valence-corrected chi connectivity index (χ4v) is 7.31. The van der Waals surface area contributed by atoms with Gasteiger partial charge in [0.05, 0.1) is 34.3 Å². The molecule has 0 saturated heterocycles. The number of thiophene rings is 1. The molecular formula is C25H20N4O5S2. The number of ether oxygens (including phenoxy) is 1. The van der Waals surface area contributed by atoms with E-state index < -0.39 is 21.3 Å². The zero-order chi connectivity index (χ0) is 25.0. The number of nitrogens with one attached hydrogen (secondary N) is 1. The number of methoxy groups -OCH3 is 1. The van der Waals surface area contributed by atoms with Gasteiger partial charge in [-0.3, -0.25) is 9.10 Å². The fourth-order valence-electron chi connectivity index (χ4n) is 4.68. The van der Waals surface area contributed by atoms with Crippen molar-refractivity contribution in [1.29, 1.82) is 0 Å². The number of aromatic amines is 1.